The molecule has 0 saturated carbocycles. The summed E-state index contributed by atoms with van der Waals surface area (Å²) in [6.07, 6.45) is 1.61. The van der Waals surface area contributed by atoms with E-state index >= 15 is 0 Å². The zero-order valence-electron chi connectivity index (χ0n) is 11.6. The van der Waals surface area contributed by atoms with Crippen LogP contribution in [0, 0.1) is 20.8 Å². The fourth-order valence-corrected chi connectivity index (χ4v) is 2.76. The first kappa shape index (κ1) is 14.0. The van der Waals surface area contributed by atoms with Gasteiger partial charge in [-0.05, 0) is 20.8 Å². The van der Waals surface area contributed by atoms with E-state index in [1.54, 1.807) is 24.6 Å². The fourth-order valence-electron chi connectivity index (χ4n) is 2.10. The van der Waals surface area contributed by atoms with Crippen molar-refractivity contribution in [1.82, 2.24) is 9.97 Å². The van der Waals surface area contributed by atoms with Crippen molar-refractivity contribution in [3.8, 4) is 5.75 Å². The SMILES string of the molecule is COc1c(C)cnc(CC(O)c2csc(C)n2)c1C. The number of methoxy groups -OCH3 is 1. The molecular formula is C14H18N2O2S. The van der Waals surface area contributed by atoms with E-state index in [9.17, 15) is 5.11 Å². The van der Waals surface area contributed by atoms with Crippen molar-refractivity contribution in [3.05, 3.63) is 39.1 Å². The molecule has 19 heavy (non-hydrogen) atoms. The predicted octanol–water partition coefficient (Wildman–Crippen LogP) is 2.75. The van der Waals surface area contributed by atoms with Crippen molar-refractivity contribution in [2.45, 2.75) is 33.3 Å². The van der Waals surface area contributed by atoms with Crippen LogP contribution in [-0.4, -0.2) is 22.2 Å². The van der Waals surface area contributed by atoms with E-state index in [2.05, 4.69) is 9.97 Å². The van der Waals surface area contributed by atoms with Crippen LogP contribution in [-0.2, 0) is 6.42 Å². The minimum Gasteiger partial charge on any atom is -0.496 e. The molecule has 1 N–H and O–H groups in total. The number of aryl methyl sites for hydroxylation is 2. The van der Waals surface area contributed by atoms with Gasteiger partial charge in [-0.3, -0.25) is 4.98 Å². The molecule has 0 radical (unpaired) electrons. The minimum absolute atomic E-state index is 0.450. The van der Waals surface area contributed by atoms with Crippen LogP contribution < -0.4 is 4.74 Å². The van der Waals surface area contributed by atoms with Crippen molar-refractivity contribution >= 4 is 11.3 Å². The zero-order valence-corrected chi connectivity index (χ0v) is 12.4. The molecule has 0 bridgehead atoms. The van der Waals surface area contributed by atoms with Gasteiger partial charge in [-0.2, -0.15) is 0 Å². The first-order valence-electron chi connectivity index (χ1n) is 6.12. The Kier molecular flexibility index (Phi) is 4.17. The minimum atomic E-state index is -0.622. The summed E-state index contributed by atoms with van der Waals surface area (Å²) in [4.78, 5) is 8.70. The number of nitrogens with zero attached hydrogens (tertiary/aromatic N) is 2. The molecule has 1 unspecified atom stereocenters. The first-order chi connectivity index (χ1) is 9.02. The number of hydrogen-bond acceptors (Lipinski definition) is 5. The number of aliphatic hydroxyl groups excluding tert-OH is 1. The Labute approximate surface area is 117 Å². The summed E-state index contributed by atoms with van der Waals surface area (Å²) in [5.74, 6) is 0.839. The Morgan fingerprint density at radius 2 is 2.11 bits per heavy atom. The lowest BCUT2D eigenvalue weighted by Gasteiger charge is -2.14. The van der Waals surface area contributed by atoms with Gasteiger partial charge in [-0.25, -0.2) is 4.98 Å². The number of rotatable bonds is 4. The summed E-state index contributed by atoms with van der Waals surface area (Å²) >= 11 is 1.54. The van der Waals surface area contributed by atoms with Crippen LogP contribution in [0.25, 0.3) is 0 Å². The number of thiazole rings is 1. The first-order valence-corrected chi connectivity index (χ1v) is 7.00. The Balaban J connectivity index is 2.24. The highest BCUT2D eigenvalue weighted by atomic mass is 32.1. The molecule has 102 valence electrons. The summed E-state index contributed by atoms with van der Waals surface area (Å²) in [5.41, 5.74) is 3.54. The van der Waals surface area contributed by atoms with Crippen molar-refractivity contribution in [2.24, 2.45) is 0 Å². The average Bonchev–Trinajstić information content (AvgIpc) is 2.80. The van der Waals surface area contributed by atoms with E-state index < -0.39 is 6.10 Å². The lowest BCUT2D eigenvalue weighted by atomic mass is 10.0. The van der Waals surface area contributed by atoms with Crippen LogP contribution in [0.3, 0.4) is 0 Å². The van der Waals surface area contributed by atoms with Crippen molar-refractivity contribution < 1.29 is 9.84 Å². The Morgan fingerprint density at radius 1 is 1.37 bits per heavy atom. The van der Waals surface area contributed by atoms with E-state index in [4.69, 9.17) is 4.74 Å². The lowest BCUT2D eigenvalue weighted by Crippen LogP contribution is -2.07. The number of pyridine rings is 1. The Morgan fingerprint density at radius 3 is 2.68 bits per heavy atom. The van der Waals surface area contributed by atoms with Crippen LogP contribution in [0.4, 0.5) is 0 Å². The van der Waals surface area contributed by atoms with Crippen LogP contribution in [0.5, 0.6) is 5.75 Å². The molecule has 2 heterocycles. The molecule has 2 rings (SSSR count). The zero-order chi connectivity index (χ0) is 14.0. The van der Waals surface area contributed by atoms with E-state index in [0.29, 0.717) is 12.1 Å². The smallest absolute Gasteiger partial charge is 0.128 e. The molecule has 0 aliphatic carbocycles. The van der Waals surface area contributed by atoms with Crippen LogP contribution in [0.2, 0.25) is 0 Å². The number of ether oxygens (including phenoxy) is 1. The molecule has 1 atom stereocenters. The van der Waals surface area contributed by atoms with Gasteiger partial charge < -0.3 is 9.84 Å². The van der Waals surface area contributed by atoms with Gasteiger partial charge in [0.15, 0.2) is 0 Å². The Hall–Kier alpha value is -1.46. The molecular weight excluding hydrogens is 260 g/mol. The van der Waals surface area contributed by atoms with Crippen LogP contribution in [0.1, 0.15) is 33.6 Å². The second-order valence-electron chi connectivity index (χ2n) is 4.56. The molecule has 0 saturated heterocycles. The van der Waals surface area contributed by atoms with E-state index in [1.165, 1.54) is 0 Å². The van der Waals surface area contributed by atoms with Gasteiger partial charge in [0.05, 0.1) is 17.8 Å². The van der Waals surface area contributed by atoms with E-state index in [1.807, 2.05) is 26.2 Å². The molecule has 0 aliphatic heterocycles. The number of aromatic nitrogens is 2. The van der Waals surface area contributed by atoms with Crippen LogP contribution >= 0.6 is 11.3 Å². The van der Waals surface area contributed by atoms with Gasteiger partial charge in [0, 0.05) is 34.8 Å². The molecule has 2 aromatic heterocycles. The summed E-state index contributed by atoms with van der Waals surface area (Å²) in [6, 6.07) is 0. The number of hydrogen-bond donors (Lipinski definition) is 1. The largest absolute Gasteiger partial charge is 0.496 e. The third kappa shape index (κ3) is 2.93. The van der Waals surface area contributed by atoms with Crippen molar-refractivity contribution in [3.63, 3.8) is 0 Å². The van der Waals surface area contributed by atoms with E-state index in [-0.39, 0.29) is 0 Å². The predicted molar refractivity (Wildman–Crippen MR) is 75.8 cm³/mol. The summed E-state index contributed by atoms with van der Waals surface area (Å²) in [5, 5.41) is 13.1. The molecule has 5 heteroatoms. The third-order valence-electron chi connectivity index (χ3n) is 3.11. The molecule has 0 spiro atoms. The number of aliphatic hydroxyl groups is 1. The van der Waals surface area contributed by atoms with Crippen molar-refractivity contribution in [1.29, 1.82) is 0 Å². The van der Waals surface area contributed by atoms with Gasteiger partial charge in [-0.15, -0.1) is 11.3 Å². The van der Waals surface area contributed by atoms with Gasteiger partial charge in [0.25, 0.3) is 0 Å². The highest BCUT2D eigenvalue weighted by molar-refractivity contribution is 7.09. The summed E-state index contributed by atoms with van der Waals surface area (Å²) < 4.78 is 5.37. The highest BCUT2D eigenvalue weighted by Gasteiger charge is 2.16. The third-order valence-corrected chi connectivity index (χ3v) is 3.91. The second-order valence-corrected chi connectivity index (χ2v) is 5.62. The molecule has 0 amide bonds. The monoisotopic (exact) mass is 278 g/mol. The highest BCUT2D eigenvalue weighted by Crippen LogP contribution is 2.27. The van der Waals surface area contributed by atoms with Crippen molar-refractivity contribution in [2.75, 3.05) is 7.11 Å². The maximum Gasteiger partial charge on any atom is 0.128 e. The van der Waals surface area contributed by atoms with Crippen LogP contribution in [0.15, 0.2) is 11.6 Å². The second kappa shape index (κ2) is 5.67. The lowest BCUT2D eigenvalue weighted by molar-refractivity contribution is 0.172. The van der Waals surface area contributed by atoms with Gasteiger partial charge in [-0.1, -0.05) is 0 Å². The Bertz CT molecular complexity index is 581. The average molecular weight is 278 g/mol. The molecule has 0 aliphatic rings. The quantitative estimate of drug-likeness (QED) is 0.934. The topological polar surface area (TPSA) is 55.2 Å². The standard InChI is InChI=1S/C14H18N2O2S/c1-8-6-15-11(9(2)14(8)18-4)5-13(17)12-7-19-10(3)16-12/h6-7,13,17H,5H2,1-4H3. The maximum atomic E-state index is 10.2. The van der Waals surface area contributed by atoms with Gasteiger partial charge >= 0.3 is 0 Å². The molecule has 2 aromatic rings. The van der Waals surface area contributed by atoms with Gasteiger partial charge in [0.1, 0.15) is 11.9 Å². The molecule has 0 aromatic carbocycles. The fraction of sp³-hybridized carbons (Fsp3) is 0.429. The molecule has 0 fully saturated rings. The summed E-state index contributed by atoms with van der Waals surface area (Å²) in [7, 11) is 1.65. The maximum absolute atomic E-state index is 10.2. The normalized spacial score (nSPS) is 12.5. The summed E-state index contributed by atoms with van der Waals surface area (Å²) in [6.45, 7) is 5.86. The van der Waals surface area contributed by atoms with E-state index in [0.717, 1.165) is 27.6 Å². The van der Waals surface area contributed by atoms with Gasteiger partial charge in [0.2, 0.25) is 0 Å². The molecule has 4 nitrogen and oxygen atoms in total.